The molecule has 0 saturated heterocycles. The van der Waals surface area contributed by atoms with E-state index in [-0.39, 0.29) is 0 Å². The average molecular weight is 259 g/mol. The van der Waals surface area contributed by atoms with Gasteiger partial charge in [0.25, 0.3) is 0 Å². The summed E-state index contributed by atoms with van der Waals surface area (Å²) in [6, 6.07) is 9.54. The molecule has 0 radical (unpaired) electrons. The number of ether oxygens (including phenoxy) is 1. The van der Waals surface area contributed by atoms with Gasteiger partial charge in [-0.3, -0.25) is 0 Å². The topological polar surface area (TPSA) is 21.3 Å². The Morgan fingerprint density at radius 3 is 2.74 bits per heavy atom. The molecule has 1 N–H and O–H groups in total. The smallest absolute Gasteiger partial charge is 0.124 e. The van der Waals surface area contributed by atoms with Crippen molar-refractivity contribution < 1.29 is 4.74 Å². The molecule has 1 heterocycles. The Morgan fingerprint density at radius 2 is 1.95 bits per heavy atom. The van der Waals surface area contributed by atoms with Gasteiger partial charge in [0.1, 0.15) is 5.75 Å². The van der Waals surface area contributed by atoms with Crippen molar-refractivity contribution in [2.45, 2.75) is 51.6 Å². The van der Waals surface area contributed by atoms with E-state index in [4.69, 9.17) is 4.74 Å². The standard InChI is InChI=1S/C17H25NO/c1-12-11-19-16-10-6-5-9-15(16)17(12)18-13(2)14-7-3-4-8-14/h5-6,9-10,12-14,17-18H,3-4,7-8,11H2,1-2H3/t12?,13-,17?/m1/s1. The predicted octanol–water partition coefficient (Wildman–Crippen LogP) is 3.92. The summed E-state index contributed by atoms with van der Waals surface area (Å²) in [7, 11) is 0. The molecule has 0 amide bonds. The van der Waals surface area contributed by atoms with Gasteiger partial charge in [0, 0.05) is 23.6 Å². The molecule has 1 saturated carbocycles. The molecular weight excluding hydrogens is 234 g/mol. The first-order chi connectivity index (χ1) is 9.25. The second-order valence-corrected chi connectivity index (χ2v) is 6.30. The lowest BCUT2D eigenvalue weighted by atomic mass is 9.89. The molecular formula is C17H25NO. The molecule has 1 aliphatic carbocycles. The second kappa shape index (κ2) is 5.54. The van der Waals surface area contributed by atoms with Crippen LogP contribution in [0.5, 0.6) is 5.75 Å². The molecule has 104 valence electrons. The molecule has 1 fully saturated rings. The molecule has 1 aromatic rings. The second-order valence-electron chi connectivity index (χ2n) is 6.30. The maximum atomic E-state index is 5.83. The first-order valence-corrected chi connectivity index (χ1v) is 7.73. The van der Waals surface area contributed by atoms with E-state index < -0.39 is 0 Å². The molecule has 3 rings (SSSR count). The zero-order valence-electron chi connectivity index (χ0n) is 12.1. The fourth-order valence-corrected chi connectivity index (χ4v) is 3.62. The first kappa shape index (κ1) is 13.0. The van der Waals surface area contributed by atoms with Crippen LogP contribution >= 0.6 is 0 Å². The number of nitrogens with one attached hydrogen (secondary N) is 1. The summed E-state index contributed by atoms with van der Waals surface area (Å²) in [5, 5.41) is 3.89. The Kier molecular flexibility index (Phi) is 3.79. The van der Waals surface area contributed by atoms with E-state index in [1.165, 1.54) is 31.2 Å². The van der Waals surface area contributed by atoms with Gasteiger partial charge in [-0.15, -0.1) is 0 Å². The summed E-state index contributed by atoms with van der Waals surface area (Å²) in [5.74, 6) is 2.47. The van der Waals surface area contributed by atoms with Crippen molar-refractivity contribution in [3.63, 3.8) is 0 Å². The van der Waals surface area contributed by atoms with Crippen LogP contribution in [-0.4, -0.2) is 12.6 Å². The van der Waals surface area contributed by atoms with Crippen molar-refractivity contribution in [1.82, 2.24) is 5.32 Å². The van der Waals surface area contributed by atoms with Crippen LogP contribution in [0.4, 0.5) is 0 Å². The van der Waals surface area contributed by atoms with Crippen LogP contribution in [0, 0.1) is 11.8 Å². The minimum absolute atomic E-state index is 0.445. The molecule has 1 aromatic carbocycles. The Labute approximate surface area is 116 Å². The van der Waals surface area contributed by atoms with Gasteiger partial charge in [0.05, 0.1) is 6.61 Å². The summed E-state index contributed by atoms with van der Waals surface area (Å²) in [4.78, 5) is 0. The monoisotopic (exact) mass is 259 g/mol. The molecule has 2 heteroatoms. The Morgan fingerprint density at radius 1 is 1.21 bits per heavy atom. The summed E-state index contributed by atoms with van der Waals surface area (Å²) in [5.41, 5.74) is 1.34. The fourth-order valence-electron chi connectivity index (χ4n) is 3.62. The number of hydrogen-bond acceptors (Lipinski definition) is 2. The molecule has 1 aliphatic heterocycles. The summed E-state index contributed by atoms with van der Waals surface area (Å²) >= 11 is 0. The van der Waals surface area contributed by atoms with Crippen LogP contribution < -0.4 is 10.1 Å². The van der Waals surface area contributed by atoms with Crippen LogP contribution in [0.15, 0.2) is 24.3 Å². The summed E-state index contributed by atoms with van der Waals surface area (Å²) < 4.78 is 5.83. The van der Waals surface area contributed by atoms with E-state index in [0.717, 1.165) is 18.3 Å². The van der Waals surface area contributed by atoms with Gasteiger partial charge >= 0.3 is 0 Å². The van der Waals surface area contributed by atoms with Crippen LogP contribution in [0.3, 0.4) is 0 Å². The highest BCUT2D eigenvalue weighted by Gasteiger charge is 2.31. The third-order valence-corrected chi connectivity index (χ3v) is 4.87. The molecule has 0 aromatic heterocycles. The van der Waals surface area contributed by atoms with Crippen LogP contribution in [-0.2, 0) is 0 Å². The van der Waals surface area contributed by atoms with Gasteiger partial charge in [-0.2, -0.15) is 0 Å². The van der Waals surface area contributed by atoms with E-state index in [1.807, 2.05) is 0 Å². The van der Waals surface area contributed by atoms with Crippen LogP contribution in [0.2, 0.25) is 0 Å². The van der Waals surface area contributed by atoms with Crippen molar-refractivity contribution in [1.29, 1.82) is 0 Å². The largest absolute Gasteiger partial charge is 0.493 e. The molecule has 19 heavy (non-hydrogen) atoms. The van der Waals surface area contributed by atoms with E-state index in [0.29, 0.717) is 18.0 Å². The molecule has 0 spiro atoms. The van der Waals surface area contributed by atoms with Gasteiger partial charge in [-0.05, 0) is 31.7 Å². The minimum atomic E-state index is 0.445. The Hall–Kier alpha value is -1.02. The van der Waals surface area contributed by atoms with Crippen LogP contribution in [0.1, 0.15) is 51.1 Å². The number of rotatable bonds is 3. The molecule has 2 aliphatic rings. The van der Waals surface area contributed by atoms with Crippen molar-refractivity contribution in [3.05, 3.63) is 29.8 Å². The SMILES string of the molecule is CC1COc2ccccc2C1N[C@H](C)C1CCCC1. The van der Waals surface area contributed by atoms with Gasteiger partial charge in [-0.25, -0.2) is 0 Å². The maximum Gasteiger partial charge on any atom is 0.124 e. The fraction of sp³-hybridized carbons (Fsp3) is 0.647. The van der Waals surface area contributed by atoms with E-state index in [2.05, 4.69) is 43.4 Å². The molecule has 2 unspecified atom stereocenters. The highest BCUT2D eigenvalue weighted by Crippen LogP contribution is 2.37. The number of fused-ring (bicyclic) bond motifs is 1. The zero-order chi connectivity index (χ0) is 13.2. The van der Waals surface area contributed by atoms with Gasteiger partial charge in [0.15, 0.2) is 0 Å². The lowest BCUT2D eigenvalue weighted by Gasteiger charge is -2.35. The third kappa shape index (κ3) is 2.64. The summed E-state index contributed by atoms with van der Waals surface area (Å²) in [6.45, 7) is 5.47. The number of hydrogen-bond donors (Lipinski definition) is 1. The van der Waals surface area contributed by atoms with Gasteiger partial charge < -0.3 is 10.1 Å². The average Bonchev–Trinajstić information content (AvgIpc) is 2.96. The lowest BCUT2D eigenvalue weighted by molar-refractivity contribution is 0.173. The molecule has 3 atom stereocenters. The van der Waals surface area contributed by atoms with E-state index in [1.54, 1.807) is 0 Å². The first-order valence-electron chi connectivity index (χ1n) is 7.73. The van der Waals surface area contributed by atoms with E-state index >= 15 is 0 Å². The Bertz CT molecular complexity index is 425. The van der Waals surface area contributed by atoms with Crippen LogP contribution in [0.25, 0.3) is 0 Å². The highest BCUT2D eigenvalue weighted by atomic mass is 16.5. The number of para-hydroxylation sites is 1. The normalized spacial score (nSPS) is 28.7. The third-order valence-electron chi connectivity index (χ3n) is 4.87. The van der Waals surface area contributed by atoms with Crippen molar-refractivity contribution in [3.8, 4) is 5.75 Å². The summed E-state index contributed by atoms with van der Waals surface area (Å²) in [6.07, 6.45) is 5.62. The Balaban J connectivity index is 1.75. The maximum absolute atomic E-state index is 5.83. The van der Waals surface area contributed by atoms with Crippen molar-refractivity contribution in [2.75, 3.05) is 6.61 Å². The van der Waals surface area contributed by atoms with Crippen molar-refractivity contribution in [2.24, 2.45) is 11.8 Å². The predicted molar refractivity (Wildman–Crippen MR) is 78.4 cm³/mol. The quantitative estimate of drug-likeness (QED) is 0.888. The minimum Gasteiger partial charge on any atom is -0.493 e. The number of benzene rings is 1. The van der Waals surface area contributed by atoms with Gasteiger partial charge in [0.2, 0.25) is 0 Å². The zero-order valence-corrected chi connectivity index (χ0v) is 12.1. The van der Waals surface area contributed by atoms with E-state index in [9.17, 15) is 0 Å². The molecule has 0 bridgehead atoms. The lowest BCUT2D eigenvalue weighted by Crippen LogP contribution is -2.41. The van der Waals surface area contributed by atoms with Gasteiger partial charge in [-0.1, -0.05) is 38.0 Å². The highest BCUT2D eigenvalue weighted by molar-refractivity contribution is 5.38. The van der Waals surface area contributed by atoms with Crippen molar-refractivity contribution >= 4 is 0 Å². The molecule has 2 nitrogen and oxygen atoms in total.